The molecule has 2 heterocycles. The van der Waals surface area contributed by atoms with Crippen LogP contribution in [0.2, 0.25) is 0 Å². The number of halogens is 3. The fraction of sp³-hybridized carbons (Fsp3) is 0.560. The third kappa shape index (κ3) is 4.27. The van der Waals surface area contributed by atoms with Crippen molar-refractivity contribution in [3.05, 3.63) is 41.1 Å². The highest BCUT2D eigenvalue weighted by atomic mass is 32.2. The van der Waals surface area contributed by atoms with E-state index in [1.165, 1.54) is 0 Å². The lowest BCUT2D eigenvalue weighted by atomic mass is 9.65. The number of nitrogens with zero attached hydrogens (tertiary/aromatic N) is 3. The van der Waals surface area contributed by atoms with E-state index in [1.54, 1.807) is 0 Å². The van der Waals surface area contributed by atoms with Gasteiger partial charge in [0.25, 0.3) is 0 Å². The van der Waals surface area contributed by atoms with E-state index in [-0.39, 0.29) is 45.7 Å². The van der Waals surface area contributed by atoms with Gasteiger partial charge in [-0.15, -0.1) is 0 Å². The smallest absolute Gasteiger partial charge is 0.338 e. The van der Waals surface area contributed by atoms with Crippen LogP contribution in [0.15, 0.2) is 29.4 Å². The Morgan fingerprint density at radius 1 is 1.15 bits per heavy atom. The second kappa shape index (κ2) is 7.72. The highest BCUT2D eigenvalue weighted by molar-refractivity contribution is 7.99. The fourth-order valence-corrected chi connectivity index (χ4v) is 7.14. The molecule has 4 nitrogen and oxygen atoms in total. The molecule has 0 N–H and O–H groups in total. The van der Waals surface area contributed by atoms with Crippen LogP contribution in [0.1, 0.15) is 56.9 Å². The molecule has 1 aromatic carbocycles. The van der Waals surface area contributed by atoms with Gasteiger partial charge in [0.2, 0.25) is 5.91 Å². The number of rotatable bonds is 3. The predicted molar refractivity (Wildman–Crippen MR) is 122 cm³/mol. The maximum atomic E-state index is 13.9. The molecule has 2 atom stereocenters. The summed E-state index contributed by atoms with van der Waals surface area (Å²) in [7, 11) is 0. The first-order valence-electron chi connectivity index (χ1n) is 11.4. The largest absolute Gasteiger partial charge is 0.433 e. The summed E-state index contributed by atoms with van der Waals surface area (Å²) >= 11 is 1.01. The van der Waals surface area contributed by atoms with Gasteiger partial charge in [0, 0.05) is 23.7 Å². The van der Waals surface area contributed by atoms with Crippen molar-refractivity contribution in [3.63, 3.8) is 0 Å². The molecule has 5 rings (SSSR count). The Hall–Kier alpha value is -2.09. The van der Waals surface area contributed by atoms with Gasteiger partial charge in [-0.05, 0) is 48.5 Å². The Balaban J connectivity index is 1.40. The Morgan fingerprint density at radius 3 is 2.67 bits per heavy atom. The average molecular weight is 476 g/mol. The van der Waals surface area contributed by atoms with Crippen LogP contribution in [0.25, 0.3) is 11.3 Å². The Morgan fingerprint density at radius 2 is 1.91 bits per heavy atom. The summed E-state index contributed by atoms with van der Waals surface area (Å²) in [5.74, 6) is 0.00628. The maximum Gasteiger partial charge on any atom is 0.433 e. The molecule has 1 aromatic heterocycles. The molecule has 8 heteroatoms. The molecule has 1 aliphatic heterocycles. The van der Waals surface area contributed by atoms with Crippen molar-refractivity contribution in [2.45, 2.75) is 70.2 Å². The van der Waals surface area contributed by atoms with Crippen molar-refractivity contribution in [1.29, 1.82) is 0 Å². The van der Waals surface area contributed by atoms with E-state index in [1.807, 2.05) is 29.2 Å². The summed E-state index contributed by atoms with van der Waals surface area (Å²) in [6, 6.07) is 7.64. The van der Waals surface area contributed by atoms with Crippen LogP contribution >= 0.6 is 11.8 Å². The number of aromatic nitrogens is 2. The predicted octanol–water partition coefficient (Wildman–Crippen LogP) is 5.78. The van der Waals surface area contributed by atoms with Gasteiger partial charge in [-0.3, -0.25) is 4.79 Å². The molecule has 33 heavy (non-hydrogen) atoms. The zero-order valence-electron chi connectivity index (χ0n) is 19.1. The molecule has 1 saturated heterocycles. The number of aryl methyl sites for hydroxylation is 1. The van der Waals surface area contributed by atoms with Crippen molar-refractivity contribution < 1.29 is 18.0 Å². The number of amides is 1. The summed E-state index contributed by atoms with van der Waals surface area (Å²) < 4.78 is 41.6. The van der Waals surface area contributed by atoms with E-state index in [4.69, 9.17) is 0 Å². The van der Waals surface area contributed by atoms with Gasteiger partial charge in [0.15, 0.2) is 10.9 Å². The number of benzene rings is 1. The van der Waals surface area contributed by atoms with Gasteiger partial charge in [0.05, 0.1) is 11.4 Å². The third-order valence-electron chi connectivity index (χ3n) is 7.23. The minimum atomic E-state index is -4.56. The lowest BCUT2D eigenvalue weighted by Gasteiger charge is -2.39. The molecular formula is C25H28F3N3OS. The molecule has 0 unspecified atom stereocenters. The van der Waals surface area contributed by atoms with E-state index < -0.39 is 11.9 Å². The molecule has 1 saturated carbocycles. The number of alkyl halides is 3. The van der Waals surface area contributed by atoms with Crippen LogP contribution < -0.4 is 0 Å². The number of fused-ring (bicyclic) bond motifs is 5. The van der Waals surface area contributed by atoms with Crippen LogP contribution in [0.3, 0.4) is 0 Å². The van der Waals surface area contributed by atoms with Crippen molar-refractivity contribution >= 4 is 17.7 Å². The molecule has 2 bridgehead atoms. The van der Waals surface area contributed by atoms with Crippen molar-refractivity contribution in [2.24, 2.45) is 10.8 Å². The van der Waals surface area contributed by atoms with Gasteiger partial charge < -0.3 is 4.90 Å². The standard InChI is InChI=1S/C25H28F3N3OS/c1-23(2)10-16-11-24(3,13-23)14-31(16)19(32)12-33-22-29-20-17-7-5-4-6-15(17)8-9-18(20)21(30-22)25(26,27)28/h4-7,16H,8-14H2,1-3H3/t16-,24-/m1/s1. The van der Waals surface area contributed by atoms with Crippen LogP contribution in [-0.2, 0) is 23.8 Å². The number of carbonyl (C=O) groups excluding carboxylic acids is 1. The fourth-order valence-electron chi connectivity index (χ4n) is 6.41. The lowest BCUT2D eigenvalue weighted by molar-refractivity contribution is -0.142. The van der Waals surface area contributed by atoms with Crippen molar-refractivity contribution in [3.8, 4) is 11.3 Å². The minimum absolute atomic E-state index is 0.0137. The Bertz CT molecular complexity index is 1120. The normalized spacial score (nSPS) is 25.5. The Labute approximate surface area is 196 Å². The molecule has 0 radical (unpaired) electrons. The van der Waals surface area contributed by atoms with Gasteiger partial charge in [-0.25, -0.2) is 9.97 Å². The number of carbonyl (C=O) groups is 1. The number of thioether (sulfide) groups is 1. The molecule has 2 aliphatic carbocycles. The second-order valence-electron chi connectivity index (χ2n) is 10.9. The monoisotopic (exact) mass is 475 g/mol. The van der Waals surface area contributed by atoms with E-state index >= 15 is 0 Å². The van der Waals surface area contributed by atoms with E-state index in [0.717, 1.165) is 42.2 Å². The average Bonchev–Trinajstić information content (AvgIpc) is 2.99. The molecule has 3 aliphatic rings. The number of hydrogen-bond donors (Lipinski definition) is 0. The quantitative estimate of drug-likeness (QED) is 0.417. The number of hydrogen-bond acceptors (Lipinski definition) is 4. The minimum Gasteiger partial charge on any atom is -0.338 e. The summed E-state index contributed by atoms with van der Waals surface area (Å²) in [5.41, 5.74) is 1.65. The van der Waals surface area contributed by atoms with E-state index in [0.29, 0.717) is 18.7 Å². The molecular weight excluding hydrogens is 447 g/mol. The number of likely N-dealkylation sites (tertiary alicyclic amines) is 1. The van der Waals surface area contributed by atoms with Gasteiger partial charge in [0.1, 0.15) is 0 Å². The van der Waals surface area contributed by atoms with Crippen LogP contribution in [0.5, 0.6) is 0 Å². The zero-order valence-corrected chi connectivity index (χ0v) is 19.9. The SMILES string of the molecule is CC1(C)C[C@@H]2C[C@@](C)(CN2C(=O)CSc2nc3c(c(C(F)(F)F)n2)CCc2ccccc2-3)C1. The summed E-state index contributed by atoms with van der Waals surface area (Å²) in [4.78, 5) is 23.5. The maximum absolute atomic E-state index is 13.9. The first-order chi connectivity index (χ1) is 15.4. The van der Waals surface area contributed by atoms with Crippen LogP contribution in [0.4, 0.5) is 13.2 Å². The summed E-state index contributed by atoms with van der Waals surface area (Å²) in [5, 5.41) is 0.0137. The first-order valence-corrected chi connectivity index (χ1v) is 12.4. The van der Waals surface area contributed by atoms with Gasteiger partial charge >= 0.3 is 6.18 Å². The zero-order chi connectivity index (χ0) is 23.6. The Kier molecular flexibility index (Phi) is 5.31. The van der Waals surface area contributed by atoms with Gasteiger partial charge in [-0.1, -0.05) is 56.8 Å². The highest BCUT2D eigenvalue weighted by Gasteiger charge is 2.50. The summed E-state index contributed by atoms with van der Waals surface area (Å²) in [6.07, 6.45) is -0.734. The van der Waals surface area contributed by atoms with Crippen LogP contribution in [-0.4, -0.2) is 39.1 Å². The van der Waals surface area contributed by atoms with Gasteiger partial charge in [-0.2, -0.15) is 13.2 Å². The molecule has 2 aromatic rings. The van der Waals surface area contributed by atoms with Crippen LogP contribution in [0, 0.1) is 10.8 Å². The third-order valence-corrected chi connectivity index (χ3v) is 8.06. The van der Waals surface area contributed by atoms with Crippen molar-refractivity contribution in [2.75, 3.05) is 12.3 Å². The molecule has 0 spiro atoms. The molecule has 176 valence electrons. The first kappa shape index (κ1) is 22.7. The molecule has 2 fully saturated rings. The van der Waals surface area contributed by atoms with E-state index in [9.17, 15) is 18.0 Å². The highest BCUT2D eigenvalue weighted by Crippen LogP contribution is 2.52. The van der Waals surface area contributed by atoms with Crippen molar-refractivity contribution in [1.82, 2.24) is 14.9 Å². The topological polar surface area (TPSA) is 46.1 Å². The second-order valence-corrected chi connectivity index (χ2v) is 11.8. The molecule has 1 amide bonds. The van der Waals surface area contributed by atoms with E-state index in [2.05, 4.69) is 30.7 Å². The lowest BCUT2D eigenvalue weighted by Crippen LogP contribution is -2.38. The summed E-state index contributed by atoms with van der Waals surface area (Å²) in [6.45, 7) is 7.45.